The molecule has 0 saturated carbocycles. The molecule has 2 aromatic heterocycles. The van der Waals surface area contributed by atoms with Crippen LogP contribution in [0.15, 0.2) is 60.7 Å². The van der Waals surface area contributed by atoms with E-state index in [1.807, 2.05) is 24.0 Å². The normalized spacial score (nSPS) is 13.8. The lowest BCUT2D eigenvalue weighted by atomic mass is 10.0. The third-order valence-corrected chi connectivity index (χ3v) is 6.15. The molecule has 0 aliphatic rings. The summed E-state index contributed by atoms with van der Waals surface area (Å²) in [6, 6.07) is 17.4. The van der Waals surface area contributed by atoms with E-state index < -0.39 is 18.2 Å². The number of halogens is 2. The Morgan fingerprint density at radius 3 is 1.92 bits per heavy atom. The van der Waals surface area contributed by atoms with Gasteiger partial charge in [-0.1, -0.05) is 47.5 Å². The molecule has 0 saturated heterocycles. The molecular weight excluding hydrogens is 505 g/mol. The minimum atomic E-state index is -1.03. The number of aliphatic hydroxyl groups excluding tert-OH is 2. The zero-order chi connectivity index (χ0) is 26.1. The number of nitrogens with zero attached hydrogens (tertiary/aromatic N) is 3. The van der Waals surface area contributed by atoms with Gasteiger partial charge in [-0.05, 0) is 61.7 Å². The van der Waals surface area contributed by atoms with E-state index in [0.29, 0.717) is 27.4 Å². The molecule has 0 amide bonds. The number of aliphatic carboxylic acids is 1. The fraction of sp³-hybridized carbons (Fsp3) is 0.346. The number of carboxylic acids is 1. The van der Waals surface area contributed by atoms with Crippen LogP contribution in [0.2, 0.25) is 10.3 Å². The molecule has 3 aromatic rings. The fourth-order valence-corrected chi connectivity index (χ4v) is 4.08. The minimum Gasteiger partial charge on any atom is -0.482 e. The van der Waals surface area contributed by atoms with Gasteiger partial charge < -0.3 is 20.1 Å². The Labute approximate surface area is 220 Å². The van der Waals surface area contributed by atoms with E-state index in [-0.39, 0.29) is 25.7 Å². The first-order valence-corrected chi connectivity index (χ1v) is 12.3. The summed E-state index contributed by atoms with van der Waals surface area (Å²) in [5, 5.41) is 31.1. The highest BCUT2D eigenvalue weighted by Crippen LogP contribution is 2.22. The highest BCUT2D eigenvalue weighted by atomic mass is 35.5. The van der Waals surface area contributed by atoms with Crippen LogP contribution in [0.25, 0.3) is 0 Å². The predicted octanol–water partition coefficient (Wildman–Crippen LogP) is 4.34. The first-order chi connectivity index (χ1) is 17.2. The number of rotatable bonds is 13. The predicted molar refractivity (Wildman–Crippen MR) is 137 cm³/mol. The lowest BCUT2D eigenvalue weighted by Crippen LogP contribution is -2.40. The van der Waals surface area contributed by atoms with Crippen LogP contribution in [-0.4, -0.2) is 61.9 Å². The van der Waals surface area contributed by atoms with Crippen molar-refractivity contribution in [2.75, 3.05) is 19.7 Å². The van der Waals surface area contributed by atoms with Gasteiger partial charge in [0.1, 0.15) is 28.3 Å². The maximum atomic E-state index is 10.9. The number of aliphatic hydroxyl groups is 2. The summed E-state index contributed by atoms with van der Waals surface area (Å²) in [6.45, 7) is 2.10. The molecule has 2 heterocycles. The molecule has 0 aliphatic carbocycles. The second-order valence-electron chi connectivity index (χ2n) is 8.47. The van der Waals surface area contributed by atoms with Crippen LogP contribution < -0.4 is 4.74 Å². The van der Waals surface area contributed by atoms with Crippen LogP contribution in [0.4, 0.5) is 0 Å². The molecule has 0 unspecified atom stereocenters. The van der Waals surface area contributed by atoms with E-state index in [1.165, 1.54) is 0 Å². The number of hydrogen-bond donors (Lipinski definition) is 3. The minimum absolute atomic E-state index is 0.0180. The first kappa shape index (κ1) is 27.8. The molecule has 0 radical (unpaired) electrons. The van der Waals surface area contributed by atoms with E-state index in [4.69, 9.17) is 33.0 Å². The molecule has 0 spiro atoms. The number of carboxylic acid groups (broad SMARTS) is 1. The van der Waals surface area contributed by atoms with Crippen molar-refractivity contribution in [3.63, 3.8) is 0 Å². The van der Waals surface area contributed by atoms with Crippen molar-refractivity contribution in [1.29, 1.82) is 0 Å². The van der Waals surface area contributed by atoms with E-state index in [2.05, 4.69) is 9.97 Å². The molecule has 0 aliphatic heterocycles. The molecule has 192 valence electrons. The van der Waals surface area contributed by atoms with Crippen molar-refractivity contribution >= 4 is 29.2 Å². The van der Waals surface area contributed by atoms with Crippen molar-refractivity contribution in [1.82, 2.24) is 14.9 Å². The van der Waals surface area contributed by atoms with Gasteiger partial charge >= 0.3 is 5.97 Å². The van der Waals surface area contributed by atoms with Gasteiger partial charge in [0.25, 0.3) is 0 Å². The highest BCUT2D eigenvalue weighted by molar-refractivity contribution is 6.29. The lowest BCUT2D eigenvalue weighted by molar-refractivity contribution is -0.139. The topological polar surface area (TPSA) is 116 Å². The molecule has 3 rings (SSSR count). The Morgan fingerprint density at radius 1 is 0.917 bits per heavy atom. The first-order valence-electron chi connectivity index (χ1n) is 11.5. The summed E-state index contributed by atoms with van der Waals surface area (Å²) in [5.41, 5.74) is 1.96. The SMILES string of the molecule is C[C@H](CCc1ccc(OCC(=O)O)cc1)N(C[C@@H](O)c1cccc(Cl)n1)C[C@@H](O)c1cccc(Cl)n1. The van der Waals surface area contributed by atoms with Crippen LogP contribution in [0.1, 0.15) is 42.5 Å². The van der Waals surface area contributed by atoms with E-state index in [0.717, 1.165) is 18.4 Å². The van der Waals surface area contributed by atoms with E-state index in [1.54, 1.807) is 48.5 Å². The zero-order valence-electron chi connectivity index (χ0n) is 19.8. The fourth-order valence-electron chi connectivity index (χ4n) is 3.74. The summed E-state index contributed by atoms with van der Waals surface area (Å²) in [6.07, 6.45) is -0.345. The highest BCUT2D eigenvalue weighted by Gasteiger charge is 2.24. The van der Waals surface area contributed by atoms with Crippen molar-refractivity contribution in [2.45, 2.75) is 38.0 Å². The van der Waals surface area contributed by atoms with Crippen LogP contribution in [0.3, 0.4) is 0 Å². The average Bonchev–Trinajstić information content (AvgIpc) is 2.86. The van der Waals surface area contributed by atoms with Gasteiger partial charge in [0, 0.05) is 19.1 Å². The molecule has 1 aromatic carbocycles. The van der Waals surface area contributed by atoms with Crippen molar-refractivity contribution in [3.8, 4) is 5.75 Å². The average molecular weight is 534 g/mol. The molecule has 0 bridgehead atoms. The Balaban J connectivity index is 1.68. The van der Waals surface area contributed by atoms with Gasteiger partial charge in [-0.3, -0.25) is 4.90 Å². The molecule has 8 nitrogen and oxygen atoms in total. The van der Waals surface area contributed by atoms with Crippen molar-refractivity contribution in [2.24, 2.45) is 0 Å². The van der Waals surface area contributed by atoms with Gasteiger partial charge in [-0.25, -0.2) is 14.8 Å². The molecule has 10 heteroatoms. The Hall–Kier alpha value is -2.75. The van der Waals surface area contributed by atoms with Gasteiger partial charge in [0.05, 0.1) is 11.4 Å². The van der Waals surface area contributed by atoms with Gasteiger partial charge in [0.2, 0.25) is 0 Å². The van der Waals surface area contributed by atoms with Gasteiger partial charge in [-0.2, -0.15) is 0 Å². The summed E-state index contributed by atoms with van der Waals surface area (Å²) < 4.78 is 5.18. The maximum Gasteiger partial charge on any atom is 0.341 e. The van der Waals surface area contributed by atoms with E-state index in [9.17, 15) is 15.0 Å². The van der Waals surface area contributed by atoms with Crippen LogP contribution >= 0.6 is 23.2 Å². The molecule has 36 heavy (non-hydrogen) atoms. The maximum absolute atomic E-state index is 10.9. The molecule has 3 N–H and O–H groups in total. The number of aryl methyl sites for hydroxylation is 1. The number of benzene rings is 1. The largest absolute Gasteiger partial charge is 0.482 e. The Kier molecular flexibility index (Phi) is 10.5. The summed E-state index contributed by atoms with van der Waals surface area (Å²) >= 11 is 12.0. The van der Waals surface area contributed by atoms with Crippen molar-refractivity contribution in [3.05, 3.63) is 87.9 Å². The number of pyridine rings is 2. The Morgan fingerprint density at radius 2 is 1.44 bits per heavy atom. The summed E-state index contributed by atoms with van der Waals surface area (Å²) in [7, 11) is 0. The van der Waals surface area contributed by atoms with E-state index >= 15 is 0 Å². The number of aromatic nitrogens is 2. The van der Waals surface area contributed by atoms with Crippen molar-refractivity contribution < 1.29 is 24.9 Å². The molecular formula is C26H29Cl2N3O5. The number of hydrogen-bond acceptors (Lipinski definition) is 7. The third-order valence-electron chi connectivity index (χ3n) is 5.73. The lowest BCUT2D eigenvalue weighted by Gasteiger charge is -2.32. The third kappa shape index (κ3) is 8.72. The van der Waals surface area contributed by atoms with Crippen LogP contribution in [0.5, 0.6) is 5.75 Å². The molecule has 3 atom stereocenters. The van der Waals surface area contributed by atoms with Crippen LogP contribution in [0, 0.1) is 0 Å². The standard InChI is InChI=1S/C26H29Cl2N3O5/c1-17(8-9-18-10-12-19(13-11-18)36-16-26(34)35)31(14-22(32)20-4-2-6-24(27)29-20)15-23(33)21-5-3-7-25(28)30-21/h2-7,10-13,17,22-23,32-33H,8-9,14-16H2,1H3,(H,34,35)/t17-,22-,23-/m1/s1. The van der Waals surface area contributed by atoms with Gasteiger partial charge in [-0.15, -0.1) is 0 Å². The zero-order valence-corrected chi connectivity index (χ0v) is 21.3. The smallest absolute Gasteiger partial charge is 0.341 e. The Bertz CT molecular complexity index is 1080. The van der Waals surface area contributed by atoms with Gasteiger partial charge in [0.15, 0.2) is 6.61 Å². The number of carbonyl (C=O) groups is 1. The molecule has 0 fully saturated rings. The second-order valence-corrected chi connectivity index (χ2v) is 9.24. The number of ether oxygens (including phenoxy) is 1. The van der Waals surface area contributed by atoms with Crippen LogP contribution in [-0.2, 0) is 11.2 Å². The second kappa shape index (κ2) is 13.5. The monoisotopic (exact) mass is 533 g/mol. The quantitative estimate of drug-likeness (QED) is 0.278. The summed E-state index contributed by atoms with van der Waals surface area (Å²) in [4.78, 5) is 21.1. The summed E-state index contributed by atoms with van der Waals surface area (Å²) in [5.74, 6) is -0.538.